The lowest BCUT2D eigenvalue weighted by atomic mass is 10.0. The monoisotopic (exact) mass is 525 g/mol. The highest BCUT2D eigenvalue weighted by atomic mass is 32.2. The third kappa shape index (κ3) is 4.39. The molecule has 0 saturated carbocycles. The number of nitro groups is 1. The van der Waals surface area contributed by atoms with E-state index in [0.29, 0.717) is 21.4 Å². The van der Waals surface area contributed by atoms with E-state index in [1.807, 2.05) is 6.92 Å². The molecule has 16 heteroatoms. The number of carbonyl (C=O) groups is 3. The van der Waals surface area contributed by atoms with Gasteiger partial charge in [-0.25, -0.2) is 4.79 Å². The van der Waals surface area contributed by atoms with Crippen LogP contribution in [-0.2, 0) is 20.9 Å². The summed E-state index contributed by atoms with van der Waals surface area (Å²) in [6, 6.07) is -0.890. The normalized spacial score (nSPS) is 19.6. The minimum Gasteiger partial charge on any atom is -0.477 e. The number of carboxylic acids is 1. The smallest absolute Gasteiger partial charge is 0.352 e. The van der Waals surface area contributed by atoms with Crippen LogP contribution < -0.4 is 5.32 Å². The zero-order valence-corrected chi connectivity index (χ0v) is 20.6. The van der Waals surface area contributed by atoms with E-state index in [1.54, 1.807) is 0 Å². The van der Waals surface area contributed by atoms with Gasteiger partial charge in [0, 0.05) is 11.5 Å². The molecule has 2 aliphatic heterocycles. The Labute approximate surface area is 205 Å². The molecule has 0 unspecified atom stereocenters. The van der Waals surface area contributed by atoms with Crippen LogP contribution in [0.1, 0.15) is 16.4 Å². The molecule has 2 atom stereocenters. The number of aryl methyl sites for hydroxylation is 2. The number of nitrogens with one attached hydrogen (secondary N) is 1. The maximum atomic E-state index is 12.8. The Balaban J connectivity index is 1.44. The minimum absolute atomic E-state index is 0.0674. The number of aliphatic carboxylic acids is 1. The van der Waals surface area contributed by atoms with Crippen LogP contribution in [0.2, 0.25) is 0 Å². The summed E-state index contributed by atoms with van der Waals surface area (Å²) in [5.41, 5.74) is 0.790. The van der Waals surface area contributed by atoms with Gasteiger partial charge in [-0.2, -0.15) is 5.10 Å². The van der Waals surface area contributed by atoms with E-state index < -0.39 is 34.1 Å². The van der Waals surface area contributed by atoms with Crippen molar-refractivity contribution in [1.82, 2.24) is 30.2 Å². The van der Waals surface area contributed by atoms with Crippen LogP contribution in [-0.4, -0.2) is 75.6 Å². The Morgan fingerprint density at radius 1 is 1.32 bits per heavy atom. The molecule has 2 N–H and O–H groups in total. The molecule has 180 valence electrons. The van der Waals surface area contributed by atoms with Gasteiger partial charge in [0.25, 0.3) is 5.91 Å². The fourth-order valence-electron chi connectivity index (χ4n) is 3.74. The summed E-state index contributed by atoms with van der Waals surface area (Å²) in [4.78, 5) is 49.1. The Kier molecular flexibility index (Phi) is 6.64. The minimum atomic E-state index is -1.21. The second-order valence-corrected chi connectivity index (χ2v) is 11.0. The van der Waals surface area contributed by atoms with E-state index >= 15 is 0 Å². The van der Waals surface area contributed by atoms with Crippen molar-refractivity contribution in [2.24, 2.45) is 0 Å². The van der Waals surface area contributed by atoms with Crippen LogP contribution in [0.15, 0.2) is 15.6 Å². The average molecular weight is 526 g/mol. The van der Waals surface area contributed by atoms with Crippen molar-refractivity contribution in [1.29, 1.82) is 0 Å². The lowest BCUT2D eigenvalue weighted by Crippen LogP contribution is -2.70. The number of hydrogen-bond acceptors (Lipinski definition) is 11. The third-order valence-corrected chi connectivity index (χ3v) is 8.66. The highest BCUT2D eigenvalue weighted by molar-refractivity contribution is 8.01. The van der Waals surface area contributed by atoms with Crippen LogP contribution in [0, 0.1) is 30.9 Å². The van der Waals surface area contributed by atoms with Gasteiger partial charge in [0.15, 0.2) is 4.34 Å². The number of rotatable bonds is 8. The SMILES string of the molecule is Cc1nnc(SCC2=C(C(=O)O)N3C(=O)[C@@H](NC(=O)Cn4nc(C)c([N+](=O)[O-])c4C)[C@@H]3SC2)s1. The lowest BCUT2D eigenvalue weighted by Gasteiger charge is -2.49. The highest BCUT2D eigenvalue weighted by Crippen LogP contribution is 2.41. The van der Waals surface area contributed by atoms with Gasteiger partial charge in [-0.3, -0.25) is 29.3 Å². The molecule has 4 heterocycles. The standard InChI is InChI=1S/C18H19N7O6S3/c1-7-13(25(30)31)8(2)23(22-7)4-11(26)19-12-15(27)24-14(17(28)29)10(5-32-16(12)24)6-33-18-21-20-9(3)34-18/h12,16H,4-6H2,1-3H3,(H,19,26)(H,28,29)/t12-,16+/m1/s1. The predicted molar refractivity (Wildman–Crippen MR) is 123 cm³/mol. The number of thioether (sulfide) groups is 2. The molecule has 0 aromatic carbocycles. The summed E-state index contributed by atoms with van der Waals surface area (Å²) in [7, 11) is 0. The molecule has 2 aliphatic rings. The predicted octanol–water partition coefficient (Wildman–Crippen LogP) is 1.10. The molecule has 2 aromatic rings. The van der Waals surface area contributed by atoms with E-state index in [4.69, 9.17) is 0 Å². The van der Waals surface area contributed by atoms with Gasteiger partial charge in [-0.05, 0) is 26.3 Å². The Bertz CT molecular complexity index is 1240. The average Bonchev–Trinajstić information content (AvgIpc) is 3.31. The number of amides is 2. The van der Waals surface area contributed by atoms with Gasteiger partial charge in [0.05, 0.1) is 4.92 Å². The summed E-state index contributed by atoms with van der Waals surface area (Å²) < 4.78 is 1.93. The number of β-lactam (4-membered cyclic amide) rings is 1. The molecule has 0 bridgehead atoms. The summed E-state index contributed by atoms with van der Waals surface area (Å²) in [5, 5.41) is 35.8. The van der Waals surface area contributed by atoms with E-state index in [0.717, 1.165) is 5.01 Å². The Morgan fingerprint density at radius 2 is 2.06 bits per heavy atom. The first-order valence-electron chi connectivity index (χ1n) is 9.89. The fraction of sp³-hybridized carbons (Fsp3) is 0.444. The van der Waals surface area contributed by atoms with Crippen LogP contribution >= 0.6 is 34.9 Å². The first-order chi connectivity index (χ1) is 16.1. The molecule has 0 aliphatic carbocycles. The zero-order chi connectivity index (χ0) is 24.7. The van der Waals surface area contributed by atoms with Crippen LogP contribution in [0.25, 0.3) is 0 Å². The van der Waals surface area contributed by atoms with Crippen molar-refractivity contribution in [3.8, 4) is 0 Å². The Hall–Kier alpha value is -2.98. The van der Waals surface area contributed by atoms with Gasteiger partial charge >= 0.3 is 11.7 Å². The van der Waals surface area contributed by atoms with Crippen molar-refractivity contribution in [3.63, 3.8) is 0 Å². The second-order valence-electron chi connectivity index (χ2n) is 7.52. The third-order valence-electron chi connectivity index (χ3n) is 5.26. The summed E-state index contributed by atoms with van der Waals surface area (Å²) in [6.45, 7) is 4.50. The quantitative estimate of drug-likeness (QED) is 0.219. The largest absolute Gasteiger partial charge is 0.477 e. The fourth-order valence-corrected chi connectivity index (χ4v) is 7.04. The number of carboxylic acid groups (broad SMARTS) is 1. The van der Waals surface area contributed by atoms with E-state index in [2.05, 4.69) is 20.6 Å². The lowest BCUT2D eigenvalue weighted by molar-refractivity contribution is -0.386. The van der Waals surface area contributed by atoms with Crippen LogP contribution in [0.4, 0.5) is 5.69 Å². The molecule has 34 heavy (non-hydrogen) atoms. The number of carbonyl (C=O) groups excluding carboxylic acids is 2. The number of hydrogen-bond donors (Lipinski definition) is 2. The molecule has 13 nitrogen and oxygen atoms in total. The molecule has 0 radical (unpaired) electrons. The molecule has 1 fully saturated rings. The van der Waals surface area contributed by atoms with E-state index in [9.17, 15) is 29.6 Å². The summed E-state index contributed by atoms with van der Waals surface area (Å²) in [5.74, 6) is -1.53. The van der Waals surface area contributed by atoms with Gasteiger partial charge in [0.2, 0.25) is 5.91 Å². The molecular weight excluding hydrogens is 506 g/mol. The molecule has 2 amide bonds. The van der Waals surface area contributed by atoms with E-state index in [-0.39, 0.29) is 29.3 Å². The van der Waals surface area contributed by atoms with Crippen LogP contribution in [0.3, 0.4) is 0 Å². The zero-order valence-electron chi connectivity index (χ0n) is 18.2. The molecule has 4 rings (SSSR count). The topological polar surface area (TPSA) is 173 Å². The second kappa shape index (κ2) is 9.34. The number of nitrogens with zero attached hydrogens (tertiary/aromatic N) is 6. The van der Waals surface area contributed by atoms with Gasteiger partial charge in [-0.15, -0.1) is 22.0 Å². The van der Waals surface area contributed by atoms with Gasteiger partial charge < -0.3 is 10.4 Å². The molecule has 1 saturated heterocycles. The van der Waals surface area contributed by atoms with E-state index in [1.165, 1.54) is 58.3 Å². The van der Waals surface area contributed by atoms with Crippen molar-refractivity contribution in [3.05, 3.63) is 37.8 Å². The van der Waals surface area contributed by atoms with Crippen molar-refractivity contribution >= 4 is 58.3 Å². The maximum Gasteiger partial charge on any atom is 0.352 e. The van der Waals surface area contributed by atoms with Crippen molar-refractivity contribution in [2.45, 2.75) is 43.1 Å². The van der Waals surface area contributed by atoms with Crippen molar-refractivity contribution < 1.29 is 24.4 Å². The van der Waals surface area contributed by atoms with Crippen molar-refractivity contribution in [2.75, 3.05) is 11.5 Å². The van der Waals surface area contributed by atoms with Crippen LogP contribution in [0.5, 0.6) is 0 Å². The summed E-state index contributed by atoms with van der Waals surface area (Å²) in [6.07, 6.45) is 0. The highest BCUT2D eigenvalue weighted by Gasteiger charge is 2.54. The van der Waals surface area contributed by atoms with Gasteiger partial charge in [-0.1, -0.05) is 23.1 Å². The van der Waals surface area contributed by atoms with Gasteiger partial charge in [0.1, 0.15) is 40.1 Å². The maximum absolute atomic E-state index is 12.8. The first-order valence-corrected chi connectivity index (χ1v) is 12.7. The number of fused-ring (bicyclic) bond motifs is 1. The summed E-state index contributed by atoms with van der Waals surface area (Å²) >= 11 is 4.14. The number of aromatic nitrogens is 4. The Morgan fingerprint density at radius 3 is 2.65 bits per heavy atom. The first kappa shape index (κ1) is 24.2. The molecule has 2 aromatic heterocycles. The molecule has 0 spiro atoms. The molecular formula is C18H19N7O6S3.